The molecule has 4 bridgehead atoms. The zero-order valence-corrected chi connectivity index (χ0v) is 9.37. The third-order valence-corrected chi connectivity index (χ3v) is 4.29. The first-order valence-corrected chi connectivity index (χ1v) is 6.14. The van der Waals surface area contributed by atoms with E-state index in [-0.39, 0.29) is 18.0 Å². The molecular formula is C12H20O3. The first-order chi connectivity index (χ1) is 7.19. The molecule has 2 aliphatic carbocycles. The van der Waals surface area contributed by atoms with Gasteiger partial charge >= 0.3 is 0 Å². The van der Waals surface area contributed by atoms with Crippen LogP contribution >= 0.6 is 0 Å². The molecule has 4 fully saturated rings. The molecule has 0 aromatic rings. The second kappa shape index (κ2) is 3.19. The van der Waals surface area contributed by atoms with E-state index in [2.05, 4.69) is 0 Å². The van der Waals surface area contributed by atoms with Crippen LogP contribution in [0.2, 0.25) is 0 Å². The highest BCUT2D eigenvalue weighted by molar-refractivity contribution is 5.04. The van der Waals surface area contributed by atoms with Crippen LogP contribution < -0.4 is 0 Å². The van der Waals surface area contributed by atoms with Crippen LogP contribution in [0.1, 0.15) is 39.0 Å². The van der Waals surface area contributed by atoms with Crippen LogP contribution in [0.25, 0.3) is 0 Å². The zero-order valence-electron chi connectivity index (χ0n) is 9.37. The van der Waals surface area contributed by atoms with Gasteiger partial charge in [0.15, 0.2) is 5.79 Å². The lowest BCUT2D eigenvalue weighted by Gasteiger charge is -2.60. The minimum atomic E-state index is -0.346. The molecule has 86 valence electrons. The predicted molar refractivity (Wildman–Crippen MR) is 55.3 cm³/mol. The Labute approximate surface area is 90.8 Å². The van der Waals surface area contributed by atoms with Crippen molar-refractivity contribution >= 4 is 0 Å². The lowest BCUT2D eigenvalue weighted by molar-refractivity contribution is -0.374. The van der Waals surface area contributed by atoms with E-state index in [9.17, 15) is 5.11 Å². The molecule has 2 aliphatic heterocycles. The molecular weight excluding hydrogens is 192 g/mol. The van der Waals surface area contributed by atoms with Crippen molar-refractivity contribution < 1.29 is 14.6 Å². The molecule has 2 unspecified atom stereocenters. The summed E-state index contributed by atoms with van der Waals surface area (Å²) >= 11 is 0. The highest BCUT2D eigenvalue weighted by atomic mass is 16.7. The Bertz CT molecular complexity index is 250. The molecule has 4 rings (SSSR count). The molecule has 1 N–H and O–H groups in total. The summed E-state index contributed by atoms with van der Waals surface area (Å²) in [5.41, 5.74) is -0.265. The quantitative estimate of drug-likeness (QED) is 0.773. The largest absolute Gasteiger partial charge is 0.393 e. The summed E-state index contributed by atoms with van der Waals surface area (Å²) in [6.07, 6.45) is 5.47. The first-order valence-electron chi connectivity index (χ1n) is 6.14. The Morgan fingerprint density at radius 1 is 1.27 bits per heavy atom. The summed E-state index contributed by atoms with van der Waals surface area (Å²) in [7, 11) is 0. The highest BCUT2D eigenvalue weighted by Gasteiger charge is 2.59. The molecule has 0 radical (unpaired) electrons. The zero-order chi connectivity index (χ0) is 10.5. The molecule has 3 heteroatoms. The molecule has 4 atom stereocenters. The molecule has 2 saturated heterocycles. The van der Waals surface area contributed by atoms with Crippen LogP contribution in [0.5, 0.6) is 0 Å². The van der Waals surface area contributed by atoms with Gasteiger partial charge in [0.25, 0.3) is 0 Å². The molecule has 0 spiro atoms. The minimum Gasteiger partial charge on any atom is -0.393 e. The number of aliphatic hydroxyl groups is 1. The summed E-state index contributed by atoms with van der Waals surface area (Å²) in [4.78, 5) is 0. The Kier molecular flexibility index (Phi) is 2.14. The van der Waals surface area contributed by atoms with Crippen LogP contribution in [0.4, 0.5) is 0 Å². The Morgan fingerprint density at radius 3 is 2.47 bits per heavy atom. The molecule has 0 amide bonds. The molecule has 2 heterocycles. The van der Waals surface area contributed by atoms with E-state index >= 15 is 0 Å². The highest BCUT2D eigenvalue weighted by Crippen LogP contribution is 2.57. The number of hydrogen-bond acceptors (Lipinski definition) is 3. The van der Waals surface area contributed by atoms with Gasteiger partial charge in [-0.15, -0.1) is 0 Å². The van der Waals surface area contributed by atoms with E-state index in [0.717, 1.165) is 25.7 Å². The van der Waals surface area contributed by atoms with E-state index in [1.165, 1.54) is 6.42 Å². The van der Waals surface area contributed by atoms with Gasteiger partial charge in [0, 0.05) is 19.4 Å². The van der Waals surface area contributed by atoms with Gasteiger partial charge in [0.05, 0.1) is 12.2 Å². The van der Waals surface area contributed by atoms with E-state index in [1.807, 2.05) is 6.92 Å². The van der Waals surface area contributed by atoms with Gasteiger partial charge < -0.3 is 14.6 Å². The predicted octanol–water partition coefficient (Wildman–Crippen LogP) is 1.69. The molecule has 2 saturated carbocycles. The summed E-state index contributed by atoms with van der Waals surface area (Å²) in [5.74, 6) is 1.08. The van der Waals surface area contributed by atoms with Gasteiger partial charge in [-0.2, -0.15) is 0 Å². The Morgan fingerprint density at radius 2 is 1.93 bits per heavy atom. The maximum atomic E-state index is 9.53. The van der Waals surface area contributed by atoms with E-state index in [1.54, 1.807) is 0 Å². The number of aliphatic hydroxyl groups excluding tert-OH is 1. The van der Waals surface area contributed by atoms with Gasteiger partial charge in [-0.1, -0.05) is 0 Å². The van der Waals surface area contributed by atoms with Crippen LogP contribution in [0.15, 0.2) is 0 Å². The second-order valence-corrected chi connectivity index (χ2v) is 5.57. The third-order valence-electron chi connectivity index (χ3n) is 4.29. The van der Waals surface area contributed by atoms with Gasteiger partial charge in [-0.05, 0) is 38.0 Å². The van der Waals surface area contributed by atoms with Crippen molar-refractivity contribution in [3.8, 4) is 0 Å². The van der Waals surface area contributed by atoms with E-state index in [0.29, 0.717) is 18.4 Å². The Balaban J connectivity index is 1.88. The van der Waals surface area contributed by atoms with Gasteiger partial charge in [0.1, 0.15) is 0 Å². The first kappa shape index (κ1) is 10.1. The van der Waals surface area contributed by atoms with Crippen molar-refractivity contribution in [2.75, 3.05) is 13.2 Å². The van der Waals surface area contributed by atoms with Crippen molar-refractivity contribution in [3.05, 3.63) is 0 Å². The standard InChI is InChI=1S/C12H20O3/c1-2-14-12-6-9-3-10(7-12)5-11(4-9,8-13)15-12/h9-10,13H,2-8H2,1H3/t9-,10+,11?,12?. The molecule has 0 aromatic carbocycles. The van der Waals surface area contributed by atoms with Crippen molar-refractivity contribution in [1.29, 1.82) is 0 Å². The topological polar surface area (TPSA) is 38.7 Å². The Hall–Kier alpha value is -0.120. The summed E-state index contributed by atoms with van der Waals surface area (Å²) < 4.78 is 12.0. The number of ether oxygens (including phenoxy) is 2. The van der Waals surface area contributed by atoms with Gasteiger partial charge in [-0.3, -0.25) is 0 Å². The maximum absolute atomic E-state index is 9.53. The minimum absolute atomic E-state index is 0.162. The monoisotopic (exact) mass is 212 g/mol. The maximum Gasteiger partial charge on any atom is 0.169 e. The summed E-state index contributed by atoms with van der Waals surface area (Å²) in [6, 6.07) is 0. The summed E-state index contributed by atoms with van der Waals surface area (Å²) in [5, 5.41) is 9.53. The molecule has 4 aliphatic rings. The van der Waals surface area contributed by atoms with Crippen LogP contribution in [0, 0.1) is 11.8 Å². The van der Waals surface area contributed by atoms with Crippen LogP contribution in [-0.2, 0) is 9.47 Å². The van der Waals surface area contributed by atoms with Gasteiger partial charge in [0.2, 0.25) is 0 Å². The lowest BCUT2D eigenvalue weighted by Crippen LogP contribution is -2.63. The molecule has 3 nitrogen and oxygen atoms in total. The molecule has 0 aromatic heterocycles. The lowest BCUT2D eigenvalue weighted by atomic mass is 9.61. The van der Waals surface area contributed by atoms with Crippen molar-refractivity contribution in [2.24, 2.45) is 11.8 Å². The van der Waals surface area contributed by atoms with Crippen molar-refractivity contribution in [1.82, 2.24) is 0 Å². The normalized spacial score (nSPS) is 52.4. The van der Waals surface area contributed by atoms with Crippen molar-refractivity contribution in [2.45, 2.75) is 50.4 Å². The van der Waals surface area contributed by atoms with Crippen LogP contribution in [0.3, 0.4) is 0 Å². The SMILES string of the molecule is CCOC12C[C@@H]3C[C@@H](CC(CO)(C3)O1)C2. The fourth-order valence-corrected chi connectivity index (χ4v) is 4.18. The molecule has 15 heavy (non-hydrogen) atoms. The van der Waals surface area contributed by atoms with Crippen molar-refractivity contribution in [3.63, 3.8) is 0 Å². The van der Waals surface area contributed by atoms with E-state index in [4.69, 9.17) is 9.47 Å². The second-order valence-electron chi connectivity index (χ2n) is 5.57. The summed E-state index contributed by atoms with van der Waals surface area (Å²) in [6.45, 7) is 2.89. The third kappa shape index (κ3) is 1.44. The smallest absolute Gasteiger partial charge is 0.169 e. The van der Waals surface area contributed by atoms with Crippen LogP contribution in [-0.4, -0.2) is 29.7 Å². The fourth-order valence-electron chi connectivity index (χ4n) is 4.18. The number of rotatable bonds is 3. The average Bonchev–Trinajstić information content (AvgIpc) is 2.15. The fraction of sp³-hybridized carbons (Fsp3) is 1.00. The average molecular weight is 212 g/mol. The van der Waals surface area contributed by atoms with Gasteiger partial charge in [-0.25, -0.2) is 0 Å². The number of hydrogen-bond donors (Lipinski definition) is 1. The van der Waals surface area contributed by atoms with E-state index < -0.39 is 0 Å².